The van der Waals surface area contributed by atoms with Gasteiger partial charge in [0.15, 0.2) is 0 Å². The molecular weight excluding hydrogens is 308 g/mol. The lowest BCUT2D eigenvalue weighted by Gasteiger charge is -2.03. The fraction of sp³-hybridized carbons (Fsp3) is 0.278. The predicted octanol–water partition coefficient (Wildman–Crippen LogP) is 4.01. The molecular formula is C18H20N2O2S. The largest absolute Gasteiger partial charge is 0.465 e. The van der Waals surface area contributed by atoms with Crippen molar-refractivity contribution in [3.8, 4) is 0 Å². The minimum absolute atomic E-state index is 0.0606. The first-order valence-electron chi connectivity index (χ1n) is 7.67. The number of H-pyrrole nitrogens is 1. The van der Waals surface area contributed by atoms with Gasteiger partial charge in [0.25, 0.3) is 0 Å². The molecule has 1 aromatic carbocycles. The smallest absolute Gasteiger partial charge is 0.221 e. The van der Waals surface area contributed by atoms with E-state index < -0.39 is 0 Å². The molecule has 0 spiro atoms. The number of amides is 1. The van der Waals surface area contributed by atoms with Gasteiger partial charge in [0.2, 0.25) is 5.91 Å². The van der Waals surface area contributed by atoms with Gasteiger partial charge in [-0.25, -0.2) is 0 Å². The average molecular weight is 328 g/mol. The van der Waals surface area contributed by atoms with Crippen LogP contribution in [0.3, 0.4) is 0 Å². The Hall–Kier alpha value is -2.14. The van der Waals surface area contributed by atoms with Crippen molar-refractivity contribution in [2.45, 2.75) is 25.6 Å². The van der Waals surface area contributed by atoms with Crippen molar-refractivity contribution in [2.75, 3.05) is 5.75 Å². The van der Waals surface area contributed by atoms with Crippen molar-refractivity contribution in [3.05, 3.63) is 59.7 Å². The first-order valence-corrected chi connectivity index (χ1v) is 8.82. The van der Waals surface area contributed by atoms with E-state index in [1.807, 2.05) is 31.2 Å². The van der Waals surface area contributed by atoms with E-state index in [0.717, 1.165) is 28.5 Å². The summed E-state index contributed by atoms with van der Waals surface area (Å²) in [7, 11) is 0. The van der Waals surface area contributed by atoms with E-state index in [0.29, 0.717) is 13.0 Å². The number of carbonyl (C=O) groups is 1. The first kappa shape index (κ1) is 15.7. The number of aryl methyl sites for hydroxylation is 1. The second kappa shape index (κ2) is 7.42. The number of aromatic nitrogens is 1. The van der Waals surface area contributed by atoms with Gasteiger partial charge < -0.3 is 14.7 Å². The van der Waals surface area contributed by atoms with Crippen LogP contribution in [-0.2, 0) is 17.1 Å². The van der Waals surface area contributed by atoms with Gasteiger partial charge in [-0.3, -0.25) is 4.79 Å². The second-order valence-electron chi connectivity index (χ2n) is 5.45. The molecule has 2 N–H and O–H groups in total. The number of hydrogen-bond donors (Lipinski definition) is 2. The maximum Gasteiger partial charge on any atom is 0.221 e. The van der Waals surface area contributed by atoms with Gasteiger partial charge in [-0.2, -0.15) is 11.8 Å². The maximum absolute atomic E-state index is 11.8. The molecule has 4 nitrogen and oxygen atoms in total. The first-order chi connectivity index (χ1) is 11.2. The number of fused-ring (bicyclic) bond motifs is 1. The molecule has 0 aliphatic heterocycles. The van der Waals surface area contributed by atoms with Crippen LogP contribution >= 0.6 is 11.8 Å². The molecule has 0 bridgehead atoms. The van der Waals surface area contributed by atoms with Crippen LogP contribution in [0.4, 0.5) is 0 Å². The fourth-order valence-corrected chi connectivity index (χ4v) is 3.39. The third kappa shape index (κ3) is 4.20. The van der Waals surface area contributed by atoms with Crippen LogP contribution in [0.15, 0.2) is 47.0 Å². The Kier molecular flexibility index (Phi) is 5.08. The van der Waals surface area contributed by atoms with Crippen molar-refractivity contribution in [2.24, 2.45) is 0 Å². The van der Waals surface area contributed by atoms with Crippen LogP contribution in [0.5, 0.6) is 0 Å². The molecule has 0 aliphatic rings. The quantitative estimate of drug-likeness (QED) is 0.644. The zero-order valence-corrected chi connectivity index (χ0v) is 13.9. The minimum Gasteiger partial charge on any atom is -0.465 e. The molecule has 23 heavy (non-hydrogen) atoms. The lowest BCUT2D eigenvalue weighted by molar-refractivity contribution is -0.120. The molecule has 2 heterocycles. The summed E-state index contributed by atoms with van der Waals surface area (Å²) in [5.41, 5.74) is 2.45. The van der Waals surface area contributed by atoms with E-state index in [1.54, 1.807) is 11.8 Å². The number of nitrogens with one attached hydrogen (secondary N) is 2. The van der Waals surface area contributed by atoms with Crippen molar-refractivity contribution in [1.82, 2.24) is 10.3 Å². The summed E-state index contributed by atoms with van der Waals surface area (Å²) in [6.07, 6.45) is 2.57. The summed E-state index contributed by atoms with van der Waals surface area (Å²) in [6, 6.07) is 12.1. The van der Waals surface area contributed by atoms with E-state index >= 15 is 0 Å². The molecule has 0 fully saturated rings. The maximum atomic E-state index is 11.8. The Bertz CT molecular complexity index is 791. The van der Waals surface area contributed by atoms with Gasteiger partial charge >= 0.3 is 0 Å². The van der Waals surface area contributed by atoms with E-state index in [1.165, 1.54) is 10.9 Å². The van der Waals surface area contributed by atoms with Gasteiger partial charge in [-0.1, -0.05) is 18.2 Å². The molecule has 0 unspecified atom stereocenters. The highest BCUT2D eigenvalue weighted by Gasteiger charge is 2.06. The summed E-state index contributed by atoms with van der Waals surface area (Å²) in [5, 5.41) is 4.15. The normalized spacial score (nSPS) is 11.0. The van der Waals surface area contributed by atoms with Crippen molar-refractivity contribution in [3.63, 3.8) is 0 Å². The van der Waals surface area contributed by atoms with Gasteiger partial charge in [-0.15, -0.1) is 0 Å². The number of aromatic amines is 1. The Balaban J connectivity index is 1.38. The zero-order valence-electron chi connectivity index (χ0n) is 13.1. The number of rotatable bonds is 7. The number of hydrogen-bond acceptors (Lipinski definition) is 3. The third-order valence-corrected chi connectivity index (χ3v) is 4.67. The Morgan fingerprint density at radius 2 is 2.13 bits per heavy atom. The number of carbonyl (C=O) groups excluding carboxylic acids is 1. The van der Waals surface area contributed by atoms with Crippen molar-refractivity contribution in [1.29, 1.82) is 0 Å². The van der Waals surface area contributed by atoms with Crippen LogP contribution in [0.1, 0.15) is 23.5 Å². The number of para-hydroxylation sites is 1. The van der Waals surface area contributed by atoms with Gasteiger partial charge in [0.05, 0.1) is 6.54 Å². The second-order valence-corrected chi connectivity index (χ2v) is 6.56. The molecule has 1 amide bonds. The van der Waals surface area contributed by atoms with E-state index in [9.17, 15) is 4.79 Å². The summed E-state index contributed by atoms with van der Waals surface area (Å²) in [6.45, 7) is 2.35. The highest BCUT2D eigenvalue weighted by Crippen LogP contribution is 2.22. The molecule has 0 saturated carbocycles. The average Bonchev–Trinajstić information content (AvgIpc) is 3.16. The Morgan fingerprint density at radius 1 is 1.26 bits per heavy atom. The zero-order chi connectivity index (χ0) is 16.1. The third-order valence-electron chi connectivity index (χ3n) is 3.66. The van der Waals surface area contributed by atoms with E-state index in [2.05, 4.69) is 28.6 Å². The molecule has 0 aliphatic carbocycles. The Labute approximate surface area is 139 Å². The summed E-state index contributed by atoms with van der Waals surface area (Å²) >= 11 is 1.78. The molecule has 120 valence electrons. The van der Waals surface area contributed by atoms with Gasteiger partial charge in [0.1, 0.15) is 11.5 Å². The predicted molar refractivity (Wildman–Crippen MR) is 94.4 cm³/mol. The highest BCUT2D eigenvalue weighted by atomic mass is 32.2. The van der Waals surface area contributed by atoms with Crippen LogP contribution in [-0.4, -0.2) is 16.6 Å². The van der Waals surface area contributed by atoms with E-state index in [-0.39, 0.29) is 5.91 Å². The fourth-order valence-electron chi connectivity index (χ4n) is 2.45. The monoisotopic (exact) mass is 328 g/mol. The molecule has 0 atom stereocenters. The lowest BCUT2D eigenvalue weighted by atomic mass is 10.2. The Morgan fingerprint density at radius 3 is 2.96 bits per heavy atom. The van der Waals surface area contributed by atoms with Gasteiger partial charge in [0, 0.05) is 35.0 Å². The molecule has 5 heteroatoms. The molecule has 3 aromatic rings. The highest BCUT2D eigenvalue weighted by molar-refractivity contribution is 7.98. The summed E-state index contributed by atoms with van der Waals surface area (Å²) in [4.78, 5) is 15.1. The number of thioether (sulfide) groups is 1. The molecule has 2 aromatic heterocycles. The van der Waals surface area contributed by atoms with Crippen molar-refractivity contribution < 1.29 is 9.21 Å². The molecule has 3 rings (SSSR count). The van der Waals surface area contributed by atoms with Crippen LogP contribution < -0.4 is 5.32 Å². The van der Waals surface area contributed by atoms with Crippen molar-refractivity contribution >= 4 is 28.6 Å². The lowest BCUT2D eigenvalue weighted by Crippen LogP contribution is -2.22. The molecule has 0 saturated heterocycles. The van der Waals surface area contributed by atoms with Crippen LogP contribution in [0.2, 0.25) is 0 Å². The van der Waals surface area contributed by atoms with Crippen LogP contribution in [0, 0.1) is 6.92 Å². The van der Waals surface area contributed by atoms with E-state index in [4.69, 9.17) is 4.42 Å². The molecule has 0 radical (unpaired) electrons. The van der Waals surface area contributed by atoms with Gasteiger partial charge in [-0.05, 0) is 30.7 Å². The topological polar surface area (TPSA) is 58.0 Å². The minimum atomic E-state index is 0.0606. The summed E-state index contributed by atoms with van der Waals surface area (Å²) < 4.78 is 5.43. The summed E-state index contributed by atoms with van der Waals surface area (Å²) in [5.74, 6) is 3.44. The SMILES string of the molecule is Cc1ccc(CNC(=O)CCSCc2c[nH]c3ccccc23)o1. The van der Waals surface area contributed by atoms with Crippen LogP contribution in [0.25, 0.3) is 10.9 Å². The number of furan rings is 1. The standard InChI is InChI=1S/C18H20N2O2S/c1-13-6-7-15(22-13)11-20-18(21)8-9-23-12-14-10-19-17-5-3-2-4-16(14)17/h2-7,10,19H,8-9,11-12H2,1H3,(H,20,21). The number of benzene rings is 1.